The zero-order valence-corrected chi connectivity index (χ0v) is 11.1. The van der Waals surface area contributed by atoms with Gasteiger partial charge in [-0.15, -0.1) is 0 Å². The van der Waals surface area contributed by atoms with Gasteiger partial charge in [-0.05, 0) is 29.8 Å². The average molecular weight is 257 g/mol. The predicted octanol–water partition coefficient (Wildman–Crippen LogP) is 2.79. The smallest absolute Gasteiger partial charge is 0.110 e. The van der Waals surface area contributed by atoms with Crippen molar-refractivity contribution in [2.24, 2.45) is 0 Å². The van der Waals surface area contributed by atoms with Crippen LogP contribution >= 0.6 is 0 Å². The van der Waals surface area contributed by atoms with Crippen LogP contribution in [0.5, 0.6) is 0 Å². The maximum absolute atomic E-state index is 10.4. The molecule has 0 aromatic heterocycles. The first-order valence-corrected chi connectivity index (χ1v) is 6.74. The van der Waals surface area contributed by atoms with Crippen LogP contribution in [0.15, 0.2) is 42.5 Å². The molecule has 19 heavy (non-hydrogen) atoms. The Morgan fingerprint density at radius 1 is 1.26 bits per heavy atom. The molecular weight excluding hydrogens is 238 g/mol. The first kappa shape index (κ1) is 12.5. The molecular formula is C16H19NO2. The lowest BCUT2D eigenvalue weighted by molar-refractivity contribution is -0.0175. The Bertz CT molecular complexity index is 584. The number of fused-ring (bicyclic) bond motifs is 1. The third kappa shape index (κ3) is 2.44. The van der Waals surface area contributed by atoms with Gasteiger partial charge in [-0.25, -0.2) is 0 Å². The van der Waals surface area contributed by atoms with Crippen LogP contribution in [0, 0.1) is 0 Å². The van der Waals surface area contributed by atoms with Gasteiger partial charge in [0.25, 0.3) is 0 Å². The van der Waals surface area contributed by atoms with Crippen LogP contribution in [-0.2, 0) is 4.74 Å². The molecule has 0 bridgehead atoms. The maximum atomic E-state index is 10.4. The third-order valence-corrected chi connectivity index (χ3v) is 4.01. The largest absolute Gasteiger partial charge is 0.385 e. The van der Waals surface area contributed by atoms with Crippen molar-refractivity contribution in [2.75, 3.05) is 18.5 Å². The number of aliphatic hydroxyl groups is 1. The highest BCUT2D eigenvalue weighted by Crippen LogP contribution is 2.26. The lowest BCUT2D eigenvalue weighted by Gasteiger charge is -2.26. The predicted molar refractivity (Wildman–Crippen MR) is 77.4 cm³/mol. The number of ether oxygens (including phenoxy) is 1. The Morgan fingerprint density at radius 2 is 2.05 bits per heavy atom. The molecule has 1 aliphatic rings. The summed E-state index contributed by atoms with van der Waals surface area (Å²) >= 11 is 0. The first-order valence-electron chi connectivity index (χ1n) is 6.74. The molecule has 3 rings (SSSR count). The van der Waals surface area contributed by atoms with Crippen LogP contribution in [0.2, 0.25) is 0 Å². The number of nitrogens with one attached hydrogen (secondary N) is 1. The molecule has 0 aliphatic carbocycles. The fraction of sp³-hybridized carbons (Fsp3) is 0.375. The number of hydrogen-bond acceptors (Lipinski definition) is 3. The molecule has 2 N–H and O–H groups in total. The molecule has 0 radical (unpaired) electrons. The van der Waals surface area contributed by atoms with Gasteiger partial charge in [0.2, 0.25) is 0 Å². The van der Waals surface area contributed by atoms with E-state index < -0.39 is 5.60 Å². The van der Waals surface area contributed by atoms with E-state index in [-0.39, 0.29) is 6.10 Å². The van der Waals surface area contributed by atoms with E-state index in [0.29, 0.717) is 19.6 Å². The van der Waals surface area contributed by atoms with Crippen molar-refractivity contribution in [3.8, 4) is 0 Å². The molecule has 3 nitrogen and oxygen atoms in total. The molecule has 0 amide bonds. The summed E-state index contributed by atoms with van der Waals surface area (Å²) in [6, 6.07) is 14.5. The van der Waals surface area contributed by atoms with Crippen molar-refractivity contribution in [1.82, 2.24) is 0 Å². The summed E-state index contributed by atoms with van der Waals surface area (Å²) in [5.74, 6) is 0. The van der Waals surface area contributed by atoms with Crippen LogP contribution < -0.4 is 5.32 Å². The van der Waals surface area contributed by atoms with Gasteiger partial charge in [0, 0.05) is 25.3 Å². The Kier molecular flexibility index (Phi) is 3.17. The average Bonchev–Trinajstić information content (AvgIpc) is 2.77. The van der Waals surface area contributed by atoms with E-state index in [1.165, 1.54) is 10.8 Å². The summed E-state index contributed by atoms with van der Waals surface area (Å²) < 4.78 is 5.44. The maximum Gasteiger partial charge on any atom is 0.110 e. The second-order valence-corrected chi connectivity index (χ2v) is 5.28. The monoisotopic (exact) mass is 257 g/mol. The van der Waals surface area contributed by atoms with Gasteiger partial charge < -0.3 is 15.2 Å². The van der Waals surface area contributed by atoms with Crippen LogP contribution in [0.3, 0.4) is 0 Å². The molecule has 2 atom stereocenters. The molecule has 0 spiro atoms. The Labute approximate surface area is 113 Å². The first-order chi connectivity index (χ1) is 9.17. The van der Waals surface area contributed by atoms with Gasteiger partial charge in [0.1, 0.15) is 5.60 Å². The van der Waals surface area contributed by atoms with Crippen molar-refractivity contribution in [3.05, 3.63) is 42.5 Å². The normalized spacial score (nSPS) is 26.7. The molecule has 2 aromatic carbocycles. The lowest BCUT2D eigenvalue weighted by Crippen LogP contribution is -2.43. The summed E-state index contributed by atoms with van der Waals surface area (Å²) in [4.78, 5) is 0. The number of anilines is 1. The fourth-order valence-electron chi connectivity index (χ4n) is 2.56. The zero-order valence-electron chi connectivity index (χ0n) is 11.1. The van der Waals surface area contributed by atoms with Crippen molar-refractivity contribution in [1.29, 1.82) is 0 Å². The second-order valence-electron chi connectivity index (χ2n) is 5.28. The molecule has 3 heteroatoms. The lowest BCUT2D eigenvalue weighted by atomic mass is 9.96. The number of benzene rings is 2. The molecule has 2 aromatic rings. The van der Waals surface area contributed by atoms with Gasteiger partial charge in [-0.2, -0.15) is 0 Å². The van der Waals surface area contributed by atoms with Crippen molar-refractivity contribution in [2.45, 2.75) is 25.0 Å². The van der Waals surface area contributed by atoms with E-state index in [4.69, 9.17) is 4.74 Å². The minimum Gasteiger partial charge on any atom is -0.385 e. The molecule has 1 heterocycles. The minimum absolute atomic E-state index is 0.111. The summed E-state index contributed by atoms with van der Waals surface area (Å²) in [5, 5.41) is 16.2. The highest BCUT2D eigenvalue weighted by Gasteiger charge is 2.39. The zero-order chi connectivity index (χ0) is 13.3. The van der Waals surface area contributed by atoms with E-state index in [2.05, 4.69) is 29.6 Å². The molecule has 0 saturated carbocycles. The van der Waals surface area contributed by atoms with Crippen LogP contribution in [0.4, 0.5) is 5.69 Å². The Balaban J connectivity index is 1.75. The summed E-state index contributed by atoms with van der Waals surface area (Å²) in [7, 11) is 0. The van der Waals surface area contributed by atoms with Gasteiger partial charge >= 0.3 is 0 Å². The van der Waals surface area contributed by atoms with Crippen molar-refractivity contribution < 1.29 is 9.84 Å². The van der Waals surface area contributed by atoms with E-state index in [1.54, 1.807) is 0 Å². The highest BCUT2D eigenvalue weighted by atomic mass is 16.5. The fourth-order valence-corrected chi connectivity index (χ4v) is 2.56. The van der Waals surface area contributed by atoms with Crippen molar-refractivity contribution >= 4 is 16.5 Å². The number of hydrogen-bond donors (Lipinski definition) is 2. The third-order valence-electron chi connectivity index (χ3n) is 4.01. The molecule has 2 unspecified atom stereocenters. The van der Waals surface area contributed by atoms with Gasteiger partial charge in [0.15, 0.2) is 0 Å². The van der Waals surface area contributed by atoms with E-state index in [9.17, 15) is 5.11 Å². The van der Waals surface area contributed by atoms with Crippen LogP contribution in [0.25, 0.3) is 10.8 Å². The van der Waals surface area contributed by atoms with Gasteiger partial charge in [-0.1, -0.05) is 30.3 Å². The second kappa shape index (κ2) is 4.83. The molecule has 1 aliphatic heterocycles. The minimum atomic E-state index is -0.758. The van der Waals surface area contributed by atoms with Gasteiger partial charge in [-0.3, -0.25) is 0 Å². The highest BCUT2D eigenvalue weighted by molar-refractivity contribution is 5.85. The van der Waals surface area contributed by atoms with Crippen LogP contribution in [0.1, 0.15) is 13.3 Å². The summed E-state index contributed by atoms with van der Waals surface area (Å²) in [6.07, 6.45) is 0.579. The SMILES string of the molecule is CC1OCCC1(O)CNc1ccc2ccccc2c1. The quantitative estimate of drug-likeness (QED) is 0.888. The van der Waals surface area contributed by atoms with Crippen molar-refractivity contribution in [3.63, 3.8) is 0 Å². The summed E-state index contributed by atoms with van der Waals surface area (Å²) in [5.41, 5.74) is 0.275. The molecule has 1 saturated heterocycles. The topological polar surface area (TPSA) is 41.5 Å². The Hall–Kier alpha value is -1.58. The van der Waals surface area contributed by atoms with E-state index in [0.717, 1.165) is 5.69 Å². The Morgan fingerprint density at radius 3 is 2.79 bits per heavy atom. The van der Waals surface area contributed by atoms with E-state index >= 15 is 0 Å². The number of rotatable bonds is 3. The van der Waals surface area contributed by atoms with E-state index in [1.807, 2.05) is 25.1 Å². The summed E-state index contributed by atoms with van der Waals surface area (Å²) in [6.45, 7) is 3.08. The molecule has 1 fully saturated rings. The van der Waals surface area contributed by atoms with Crippen LogP contribution in [-0.4, -0.2) is 30.0 Å². The van der Waals surface area contributed by atoms with Gasteiger partial charge in [0.05, 0.1) is 6.10 Å². The molecule has 100 valence electrons. The standard InChI is InChI=1S/C16H19NO2/c1-12-16(18,8-9-19-12)11-17-15-7-6-13-4-2-3-5-14(13)10-15/h2-7,10,12,17-18H,8-9,11H2,1H3.